The van der Waals surface area contributed by atoms with Crippen LogP contribution >= 0.6 is 0 Å². The molecule has 0 aliphatic carbocycles. The highest BCUT2D eigenvalue weighted by atomic mass is 16.1. The van der Waals surface area contributed by atoms with Crippen molar-refractivity contribution in [1.29, 1.82) is 0 Å². The third kappa shape index (κ3) is 1.53. The average Bonchev–Trinajstić information content (AvgIpc) is 3.02. The van der Waals surface area contributed by atoms with E-state index in [1.807, 2.05) is 16.8 Å². The number of pyridine rings is 1. The van der Waals surface area contributed by atoms with Crippen molar-refractivity contribution in [3.8, 4) is 0 Å². The first-order chi connectivity index (χ1) is 9.34. The first-order valence-corrected chi connectivity index (χ1v) is 6.61. The molecule has 19 heavy (non-hydrogen) atoms. The lowest BCUT2D eigenvalue weighted by molar-refractivity contribution is 0.372. The highest BCUT2D eigenvalue weighted by molar-refractivity contribution is 6.00. The van der Waals surface area contributed by atoms with Gasteiger partial charge in [-0.25, -0.2) is 9.78 Å². The van der Waals surface area contributed by atoms with Crippen LogP contribution < -0.4 is 11.0 Å². The lowest BCUT2D eigenvalue weighted by Gasteiger charge is -2.24. The topological polar surface area (TPSA) is 78.5 Å². The smallest absolute Gasteiger partial charge is 0.326 e. The van der Waals surface area contributed by atoms with Gasteiger partial charge in [-0.3, -0.25) is 4.57 Å². The summed E-state index contributed by atoms with van der Waals surface area (Å²) in [6.45, 7) is 1.88. The van der Waals surface area contributed by atoms with E-state index >= 15 is 0 Å². The molecular weight excluding hydrogens is 242 g/mol. The number of fused-ring (bicyclic) bond motifs is 3. The molecule has 0 saturated carbocycles. The fraction of sp³-hybridized carbons (Fsp3) is 0.385. The SMILES string of the molecule is O=c1[nH]c2cnc3[nH]ccc3c2n1[C@@H]1CCCNC1. The molecule has 0 radical (unpaired) electrons. The molecule has 3 aromatic rings. The van der Waals surface area contributed by atoms with Crippen LogP contribution in [-0.2, 0) is 0 Å². The highest BCUT2D eigenvalue weighted by Crippen LogP contribution is 2.25. The van der Waals surface area contributed by atoms with Gasteiger partial charge in [0.2, 0.25) is 0 Å². The molecule has 0 spiro atoms. The molecule has 3 aromatic heterocycles. The van der Waals surface area contributed by atoms with Crippen LogP contribution in [0.3, 0.4) is 0 Å². The Morgan fingerprint density at radius 2 is 2.37 bits per heavy atom. The van der Waals surface area contributed by atoms with E-state index in [-0.39, 0.29) is 11.7 Å². The fourth-order valence-electron chi connectivity index (χ4n) is 3.02. The number of imidazole rings is 1. The molecule has 98 valence electrons. The summed E-state index contributed by atoms with van der Waals surface area (Å²) in [4.78, 5) is 22.6. The van der Waals surface area contributed by atoms with Gasteiger partial charge in [0.1, 0.15) is 5.65 Å². The standard InChI is InChI=1S/C13H15N5O/c19-13-17-10-7-16-12-9(3-5-15-12)11(10)18(13)8-2-1-4-14-6-8/h3,5,7-8,14H,1-2,4,6H2,(H,15,16)(H,17,19)/t8-/m1/s1. The molecule has 0 unspecified atom stereocenters. The van der Waals surface area contributed by atoms with Crippen molar-refractivity contribution in [2.24, 2.45) is 0 Å². The molecule has 4 rings (SSSR count). The van der Waals surface area contributed by atoms with E-state index < -0.39 is 0 Å². The minimum absolute atomic E-state index is 0.0424. The first kappa shape index (κ1) is 10.8. The number of piperidine rings is 1. The second-order valence-corrected chi connectivity index (χ2v) is 5.06. The van der Waals surface area contributed by atoms with Gasteiger partial charge in [0.05, 0.1) is 23.3 Å². The lowest BCUT2D eigenvalue weighted by Crippen LogP contribution is -2.35. The zero-order valence-electron chi connectivity index (χ0n) is 10.4. The van der Waals surface area contributed by atoms with E-state index in [0.29, 0.717) is 0 Å². The fourth-order valence-corrected chi connectivity index (χ4v) is 3.02. The third-order valence-corrected chi connectivity index (χ3v) is 3.90. The van der Waals surface area contributed by atoms with Gasteiger partial charge in [-0.05, 0) is 25.5 Å². The van der Waals surface area contributed by atoms with Crippen LogP contribution in [0.2, 0.25) is 0 Å². The summed E-state index contributed by atoms with van der Waals surface area (Å²) >= 11 is 0. The van der Waals surface area contributed by atoms with Crippen LogP contribution in [0.25, 0.3) is 22.1 Å². The summed E-state index contributed by atoms with van der Waals surface area (Å²) in [5.41, 5.74) is 2.55. The van der Waals surface area contributed by atoms with Crippen molar-refractivity contribution >= 4 is 22.1 Å². The number of nitrogens with one attached hydrogen (secondary N) is 3. The number of hydrogen-bond acceptors (Lipinski definition) is 3. The average molecular weight is 257 g/mol. The summed E-state index contributed by atoms with van der Waals surface area (Å²) in [5.74, 6) is 0. The molecule has 4 heterocycles. The van der Waals surface area contributed by atoms with Crippen molar-refractivity contribution in [2.45, 2.75) is 18.9 Å². The molecule has 0 amide bonds. The monoisotopic (exact) mass is 257 g/mol. The van der Waals surface area contributed by atoms with Crippen LogP contribution in [0.1, 0.15) is 18.9 Å². The molecule has 1 aliphatic heterocycles. The molecule has 3 N–H and O–H groups in total. The largest absolute Gasteiger partial charge is 0.346 e. The van der Waals surface area contributed by atoms with E-state index in [1.165, 1.54) is 0 Å². The van der Waals surface area contributed by atoms with Crippen molar-refractivity contribution in [3.63, 3.8) is 0 Å². The van der Waals surface area contributed by atoms with Gasteiger partial charge in [0.25, 0.3) is 0 Å². The molecule has 0 aromatic carbocycles. The van der Waals surface area contributed by atoms with Gasteiger partial charge in [0, 0.05) is 18.1 Å². The van der Waals surface area contributed by atoms with Crippen molar-refractivity contribution < 1.29 is 0 Å². The van der Waals surface area contributed by atoms with Crippen LogP contribution in [0.5, 0.6) is 0 Å². The van der Waals surface area contributed by atoms with Crippen LogP contribution in [0, 0.1) is 0 Å². The molecule has 6 heteroatoms. The Kier molecular flexibility index (Phi) is 2.25. The van der Waals surface area contributed by atoms with Crippen LogP contribution in [-0.4, -0.2) is 32.6 Å². The Labute approximate surface area is 108 Å². The van der Waals surface area contributed by atoms with Gasteiger partial charge in [-0.2, -0.15) is 0 Å². The van der Waals surface area contributed by atoms with Gasteiger partial charge >= 0.3 is 5.69 Å². The molecular formula is C13H15N5O. The van der Waals surface area contributed by atoms with Crippen molar-refractivity contribution in [2.75, 3.05) is 13.1 Å². The van der Waals surface area contributed by atoms with Gasteiger partial charge < -0.3 is 15.3 Å². The maximum absolute atomic E-state index is 12.2. The van der Waals surface area contributed by atoms with E-state index in [9.17, 15) is 4.79 Å². The van der Waals surface area contributed by atoms with Gasteiger partial charge in [-0.15, -0.1) is 0 Å². The number of hydrogen-bond donors (Lipinski definition) is 3. The van der Waals surface area contributed by atoms with Crippen molar-refractivity contribution in [1.82, 2.24) is 24.8 Å². The van der Waals surface area contributed by atoms with Crippen molar-refractivity contribution in [3.05, 3.63) is 28.9 Å². The Bertz CT molecular complexity index is 790. The lowest BCUT2D eigenvalue weighted by atomic mass is 10.1. The maximum Gasteiger partial charge on any atom is 0.326 e. The van der Waals surface area contributed by atoms with Gasteiger partial charge in [0.15, 0.2) is 0 Å². The quantitative estimate of drug-likeness (QED) is 0.611. The van der Waals surface area contributed by atoms with Crippen LogP contribution in [0.4, 0.5) is 0 Å². The number of rotatable bonds is 1. The summed E-state index contributed by atoms with van der Waals surface area (Å²) in [7, 11) is 0. The summed E-state index contributed by atoms with van der Waals surface area (Å²) < 4.78 is 1.89. The Balaban J connectivity index is 2.04. The molecule has 6 nitrogen and oxygen atoms in total. The minimum atomic E-state index is -0.0424. The second kappa shape index (κ2) is 3.96. The van der Waals surface area contributed by atoms with E-state index in [2.05, 4.69) is 20.3 Å². The normalized spacial score (nSPS) is 20.3. The summed E-state index contributed by atoms with van der Waals surface area (Å²) in [5, 5.41) is 4.36. The molecule has 0 bridgehead atoms. The number of aromatic nitrogens is 4. The molecule has 1 aliphatic rings. The predicted molar refractivity (Wildman–Crippen MR) is 73.4 cm³/mol. The molecule has 1 fully saturated rings. The number of nitrogens with zero attached hydrogens (tertiary/aromatic N) is 2. The predicted octanol–water partition coefficient (Wildman–Crippen LogP) is 1.13. The Morgan fingerprint density at radius 3 is 3.21 bits per heavy atom. The number of aromatic amines is 2. The van der Waals surface area contributed by atoms with E-state index in [4.69, 9.17) is 0 Å². The minimum Gasteiger partial charge on any atom is -0.346 e. The summed E-state index contributed by atoms with van der Waals surface area (Å²) in [6.07, 6.45) is 5.72. The van der Waals surface area contributed by atoms with Gasteiger partial charge in [-0.1, -0.05) is 0 Å². The zero-order chi connectivity index (χ0) is 12.8. The second-order valence-electron chi connectivity index (χ2n) is 5.06. The maximum atomic E-state index is 12.2. The van der Waals surface area contributed by atoms with Crippen LogP contribution in [0.15, 0.2) is 23.3 Å². The highest BCUT2D eigenvalue weighted by Gasteiger charge is 2.21. The first-order valence-electron chi connectivity index (χ1n) is 6.61. The van der Waals surface area contributed by atoms with E-state index in [1.54, 1.807) is 6.20 Å². The molecule has 1 atom stereocenters. The Hall–Kier alpha value is -2.08. The van der Waals surface area contributed by atoms with E-state index in [0.717, 1.165) is 48.0 Å². The molecule has 1 saturated heterocycles. The Morgan fingerprint density at radius 1 is 1.42 bits per heavy atom. The summed E-state index contributed by atoms with van der Waals surface area (Å²) in [6, 6.07) is 2.19. The third-order valence-electron chi connectivity index (χ3n) is 3.90. The number of H-pyrrole nitrogens is 2. The zero-order valence-corrected chi connectivity index (χ0v) is 10.4.